The zero-order valence-electron chi connectivity index (χ0n) is 8.88. The van der Waals surface area contributed by atoms with E-state index in [0.717, 1.165) is 22.3 Å². The van der Waals surface area contributed by atoms with E-state index in [1.54, 1.807) is 4.57 Å². The molecule has 0 radical (unpaired) electrons. The summed E-state index contributed by atoms with van der Waals surface area (Å²) in [6.45, 7) is 4.33. The molecule has 0 aliphatic carbocycles. The van der Waals surface area contributed by atoms with Gasteiger partial charge in [-0.3, -0.25) is 4.57 Å². The lowest BCUT2D eigenvalue weighted by Crippen LogP contribution is -2.26. The lowest BCUT2D eigenvalue weighted by Gasteiger charge is -2.10. The number of halogens is 1. The Morgan fingerprint density at radius 2 is 2.20 bits per heavy atom. The van der Waals surface area contributed by atoms with E-state index in [4.69, 9.17) is 6.42 Å². The van der Waals surface area contributed by atoms with Crippen molar-refractivity contribution in [3.8, 4) is 12.3 Å². The zero-order chi connectivity index (χ0) is 11.4. The summed E-state index contributed by atoms with van der Waals surface area (Å²) in [6, 6.07) is 0. The van der Waals surface area contributed by atoms with E-state index in [2.05, 4.69) is 26.8 Å². The highest BCUT2D eigenvalue weighted by Crippen LogP contribution is 2.16. The van der Waals surface area contributed by atoms with Crippen molar-refractivity contribution in [2.24, 2.45) is 0 Å². The summed E-state index contributed by atoms with van der Waals surface area (Å²) in [4.78, 5) is 15.5. The number of nitrogens with zero attached hydrogens (tertiary/aromatic N) is 2. The molecule has 0 saturated heterocycles. The summed E-state index contributed by atoms with van der Waals surface area (Å²) in [5, 5.41) is 0. The van der Waals surface area contributed by atoms with Gasteiger partial charge in [0.15, 0.2) is 0 Å². The number of hydrogen-bond acceptors (Lipinski definition) is 2. The SMILES string of the molecule is C#CCCCn1c(C)c(Br)c(C)nc1=O. The molecule has 1 heterocycles. The molecule has 1 aromatic heterocycles. The second-order valence-corrected chi connectivity index (χ2v) is 4.13. The zero-order valence-corrected chi connectivity index (χ0v) is 10.5. The first-order valence-corrected chi connectivity index (χ1v) is 5.54. The molecule has 3 nitrogen and oxygen atoms in total. The predicted molar refractivity (Wildman–Crippen MR) is 63.7 cm³/mol. The second kappa shape index (κ2) is 5.13. The van der Waals surface area contributed by atoms with Crippen LogP contribution < -0.4 is 5.69 Å². The minimum atomic E-state index is -0.203. The maximum Gasteiger partial charge on any atom is 0.348 e. The van der Waals surface area contributed by atoms with Gasteiger partial charge in [0.2, 0.25) is 0 Å². The average Bonchev–Trinajstić information content (AvgIpc) is 2.20. The Morgan fingerprint density at radius 1 is 1.53 bits per heavy atom. The van der Waals surface area contributed by atoms with E-state index in [1.165, 1.54) is 0 Å². The van der Waals surface area contributed by atoms with Gasteiger partial charge in [0, 0.05) is 18.7 Å². The molecule has 0 spiro atoms. The Kier molecular flexibility index (Phi) is 4.10. The van der Waals surface area contributed by atoms with Gasteiger partial charge in [0.1, 0.15) is 0 Å². The largest absolute Gasteiger partial charge is 0.348 e. The normalized spacial score (nSPS) is 10.0. The fourth-order valence-corrected chi connectivity index (χ4v) is 1.68. The van der Waals surface area contributed by atoms with Gasteiger partial charge >= 0.3 is 5.69 Å². The van der Waals surface area contributed by atoms with Crippen LogP contribution in [-0.2, 0) is 6.54 Å². The molecule has 0 fully saturated rings. The Balaban J connectivity index is 3.03. The molecular weight excluding hydrogens is 256 g/mol. The van der Waals surface area contributed by atoms with Crippen LogP contribution in [0.1, 0.15) is 24.2 Å². The minimum absolute atomic E-state index is 0.203. The molecule has 1 aromatic rings. The van der Waals surface area contributed by atoms with E-state index in [-0.39, 0.29) is 5.69 Å². The van der Waals surface area contributed by atoms with Crippen LogP contribution in [0.5, 0.6) is 0 Å². The van der Waals surface area contributed by atoms with Crippen LogP contribution in [0.4, 0.5) is 0 Å². The van der Waals surface area contributed by atoms with Crippen molar-refractivity contribution in [2.45, 2.75) is 33.2 Å². The fraction of sp³-hybridized carbons (Fsp3) is 0.455. The van der Waals surface area contributed by atoms with Gasteiger partial charge in [-0.25, -0.2) is 4.79 Å². The number of aromatic nitrogens is 2. The van der Waals surface area contributed by atoms with Gasteiger partial charge in [0.25, 0.3) is 0 Å². The Morgan fingerprint density at radius 3 is 2.80 bits per heavy atom. The summed E-state index contributed by atoms with van der Waals surface area (Å²) in [5.41, 5.74) is 1.43. The molecule has 4 heteroatoms. The van der Waals surface area contributed by atoms with Crippen molar-refractivity contribution in [3.05, 3.63) is 26.3 Å². The highest BCUT2D eigenvalue weighted by molar-refractivity contribution is 9.10. The summed E-state index contributed by atoms with van der Waals surface area (Å²) in [5.74, 6) is 2.56. The molecule has 0 aliphatic rings. The molecule has 0 saturated carbocycles. The van der Waals surface area contributed by atoms with E-state index < -0.39 is 0 Å². The molecule has 0 bridgehead atoms. The molecule has 0 amide bonds. The van der Waals surface area contributed by atoms with E-state index >= 15 is 0 Å². The molecule has 0 atom stereocenters. The summed E-state index contributed by atoms with van der Waals surface area (Å²) < 4.78 is 2.54. The third-order valence-electron chi connectivity index (χ3n) is 2.24. The van der Waals surface area contributed by atoms with Crippen LogP contribution in [-0.4, -0.2) is 9.55 Å². The number of unbranched alkanes of at least 4 members (excludes halogenated alkanes) is 1. The summed E-state index contributed by atoms with van der Waals surface area (Å²) in [6.07, 6.45) is 6.64. The number of rotatable bonds is 3. The highest BCUT2D eigenvalue weighted by atomic mass is 79.9. The minimum Gasteiger partial charge on any atom is -0.295 e. The maximum atomic E-state index is 11.6. The van der Waals surface area contributed by atoms with Gasteiger partial charge in [-0.15, -0.1) is 12.3 Å². The van der Waals surface area contributed by atoms with E-state index in [9.17, 15) is 4.79 Å². The number of aryl methyl sites for hydroxylation is 1. The Labute approximate surface area is 97.7 Å². The predicted octanol–water partition coefficient (Wildman–Crippen LogP) is 2.04. The smallest absolute Gasteiger partial charge is 0.295 e. The monoisotopic (exact) mass is 268 g/mol. The van der Waals surface area contributed by atoms with Gasteiger partial charge in [0.05, 0.1) is 10.2 Å². The molecule has 0 N–H and O–H groups in total. The summed E-state index contributed by atoms with van der Waals surface area (Å²) in [7, 11) is 0. The lowest BCUT2D eigenvalue weighted by molar-refractivity contribution is 0.595. The highest BCUT2D eigenvalue weighted by Gasteiger charge is 2.08. The van der Waals surface area contributed by atoms with Crippen molar-refractivity contribution < 1.29 is 0 Å². The van der Waals surface area contributed by atoms with Gasteiger partial charge in [-0.2, -0.15) is 4.98 Å². The molecule has 0 aliphatic heterocycles. The van der Waals surface area contributed by atoms with Crippen molar-refractivity contribution in [1.82, 2.24) is 9.55 Å². The first kappa shape index (κ1) is 12.0. The average molecular weight is 269 g/mol. The Hall–Kier alpha value is -1.08. The van der Waals surface area contributed by atoms with Gasteiger partial charge < -0.3 is 0 Å². The van der Waals surface area contributed by atoms with Crippen LogP contribution in [0.15, 0.2) is 9.27 Å². The third-order valence-corrected chi connectivity index (χ3v) is 3.38. The standard InChI is InChI=1S/C11H13BrN2O/c1-4-5-6-7-14-9(3)10(12)8(2)13-11(14)15/h1H,5-7H2,2-3H3. The van der Waals surface area contributed by atoms with Crippen LogP contribution in [0.2, 0.25) is 0 Å². The van der Waals surface area contributed by atoms with Crippen LogP contribution in [0.3, 0.4) is 0 Å². The van der Waals surface area contributed by atoms with Gasteiger partial charge in [-0.05, 0) is 36.2 Å². The molecule has 1 rings (SSSR count). The lowest BCUT2D eigenvalue weighted by atomic mass is 10.3. The third kappa shape index (κ3) is 2.69. The van der Waals surface area contributed by atoms with Crippen LogP contribution in [0.25, 0.3) is 0 Å². The molecule has 0 unspecified atom stereocenters. The molecule has 80 valence electrons. The van der Waals surface area contributed by atoms with E-state index in [0.29, 0.717) is 13.0 Å². The van der Waals surface area contributed by atoms with Crippen molar-refractivity contribution >= 4 is 15.9 Å². The molecular formula is C11H13BrN2O. The first-order chi connectivity index (χ1) is 7.07. The summed E-state index contributed by atoms with van der Waals surface area (Å²) >= 11 is 3.41. The van der Waals surface area contributed by atoms with Crippen molar-refractivity contribution in [2.75, 3.05) is 0 Å². The molecule has 15 heavy (non-hydrogen) atoms. The fourth-order valence-electron chi connectivity index (χ4n) is 1.38. The second-order valence-electron chi connectivity index (χ2n) is 3.34. The van der Waals surface area contributed by atoms with Crippen molar-refractivity contribution in [3.63, 3.8) is 0 Å². The topological polar surface area (TPSA) is 34.9 Å². The quantitative estimate of drug-likeness (QED) is 0.621. The number of terminal acetylenes is 1. The first-order valence-electron chi connectivity index (χ1n) is 4.75. The van der Waals surface area contributed by atoms with Gasteiger partial charge in [-0.1, -0.05) is 0 Å². The van der Waals surface area contributed by atoms with Crippen molar-refractivity contribution in [1.29, 1.82) is 0 Å². The number of hydrogen-bond donors (Lipinski definition) is 0. The Bertz CT molecular complexity index is 457. The van der Waals surface area contributed by atoms with Crippen LogP contribution >= 0.6 is 15.9 Å². The van der Waals surface area contributed by atoms with Crippen LogP contribution in [0, 0.1) is 26.2 Å². The maximum absolute atomic E-state index is 11.6. The molecule has 0 aromatic carbocycles. The van der Waals surface area contributed by atoms with E-state index in [1.807, 2.05) is 13.8 Å².